The predicted molar refractivity (Wildman–Crippen MR) is 80.7 cm³/mol. The number of hydrogen-bond donors (Lipinski definition) is 2. The van der Waals surface area contributed by atoms with Gasteiger partial charge in [-0.3, -0.25) is 9.52 Å². The monoisotopic (exact) mass is 323 g/mol. The van der Waals surface area contributed by atoms with Crippen LogP contribution in [0.15, 0.2) is 40.7 Å². The lowest BCUT2D eigenvalue weighted by Gasteiger charge is -2.07. The molecule has 0 spiro atoms. The quantitative estimate of drug-likeness (QED) is 0.883. The van der Waals surface area contributed by atoms with Crippen LogP contribution in [0.1, 0.15) is 12.8 Å². The van der Waals surface area contributed by atoms with E-state index in [1.54, 1.807) is 17.5 Å². The minimum atomic E-state index is -3.65. The van der Waals surface area contributed by atoms with Crippen LogP contribution in [0, 0.1) is 5.92 Å². The molecule has 1 saturated carbocycles. The summed E-state index contributed by atoms with van der Waals surface area (Å²) in [5.74, 6) is 0.103. The molecule has 1 aromatic carbocycles. The Bertz CT molecular complexity index is 735. The zero-order valence-corrected chi connectivity index (χ0v) is 12.6. The molecule has 0 atom stereocenters. The van der Waals surface area contributed by atoms with Gasteiger partial charge in [-0.25, -0.2) is 13.4 Å². The Morgan fingerprint density at radius 2 is 1.95 bits per heavy atom. The number of anilines is 2. The number of nitrogens with one attached hydrogen (secondary N) is 2. The van der Waals surface area contributed by atoms with Gasteiger partial charge in [0, 0.05) is 23.2 Å². The van der Waals surface area contributed by atoms with E-state index in [-0.39, 0.29) is 16.7 Å². The van der Waals surface area contributed by atoms with Crippen molar-refractivity contribution in [2.45, 2.75) is 17.7 Å². The van der Waals surface area contributed by atoms with E-state index in [4.69, 9.17) is 0 Å². The third kappa shape index (κ3) is 3.40. The van der Waals surface area contributed by atoms with E-state index in [9.17, 15) is 13.2 Å². The second kappa shape index (κ2) is 5.45. The van der Waals surface area contributed by atoms with E-state index in [0.717, 1.165) is 12.8 Å². The van der Waals surface area contributed by atoms with Gasteiger partial charge >= 0.3 is 0 Å². The Kier molecular flexibility index (Phi) is 3.64. The van der Waals surface area contributed by atoms with E-state index >= 15 is 0 Å². The molecule has 8 heteroatoms. The van der Waals surface area contributed by atoms with Crippen molar-refractivity contribution in [2.75, 3.05) is 10.0 Å². The molecular weight excluding hydrogens is 310 g/mol. The summed E-state index contributed by atoms with van der Waals surface area (Å²) in [6.07, 6.45) is 3.38. The summed E-state index contributed by atoms with van der Waals surface area (Å²) in [7, 11) is -3.65. The Hall–Kier alpha value is -1.93. The predicted octanol–water partition coefficient (Wildman–Crippen LogP) is 2.29. The number of aromatic nitrogens is 1. The number of thiazole rings is 1. The molecule has 6 nitrogen and oxygen atoms in total. The summed E-state index contributed by atoms with van der Waals surface area (Å²) in [4.78, 5) is 15.6. The topological polar surface area (TPSA) is 88.2 Å². The number of sulfonamides is 1. The van der Waals surface area contributed by atoms with E-state index in [1.807, 2.05) is 0 Å². The van der Waals surface area contributed by atoms with Crippen molar-refractivity contribution in [3.05, 3.63) is 35.8 Å². The first-order chi connectivity index (χ1) is 10.0. The SMILES string of the molecule is O=C(Nc1ccc(S(=O)(=O)Nc2nccs2)cc1)C1CC1. The average molecular weight is 323 g/mol. The molecule has 0 unspecified atom stereocenters. The maximum atomic E-state index is 12.1. The minimum Gasteiger partial charge on any atom is -0.326 e. The summed E-state index contributed by atoms with van der Waals surface area (Å²) in [5.41, 5.74) is 0.597. The van der Waals surface area contributed by atoms with Crippen LogP contribution in [0.5, 0.6) is 0 Å². The van der Waals surface area contributed by atoms with Gasteiger partial charge in [-0.05, 0) is 37.1 Å². The third-order valence-corrected chi connectivity index (χ3v) is 5.21. The number of rotatable bonds is 5. The number of hydrogen-bond acceptors (Lipinski definition) is 5. The number of carbonyl (C=O) groups is 1. The molecule has 3 rings (SSSR count). The third-order valence-electron chi connectivity index (χ3n) is 3.03. The molecule has 110 valence electrons. The van der Waals surface area contributed by atoms with Crippen molar-refractivity contribution in [1.82, 2.24) is 4.98 Å². The summed E-state index contributed by atoms with van der Waals surface area (Å²) >= 11 is 1.21. The molecule has 1 heterocycles. The first-order valence-electron chi connectivity index (χ1n) is 6.38. The lowest BCUT2D eigenvalue weighted by molar-refractivity contribution is -0.117. The lowest BCUT2D eigenvalue weighted by atomic mass is 10.3. The van der Waals surface area contributed by atoms with E-state index in [2.05, 4.69) is 15.0 Å². The summed E-state index contributed by atoms with van der Waals surface area (Å²) in [6.45, 7) is 0. The zero-order valence-electron chi connectivity index (χ0n) is 10.9. The molecule has 0 saturated heterocycles. The van der Waals surface area contributed by atoms with Crippen LogP contribution in [0.4, 0.5) is 10.8 Å². The number of benzene rings is 1. The summed E-state index contributed by atoms with van der Waals surface area (Å²) in [5, 5.41) is 4.77. The standard InChI is InChI=1S/C13H13N3O3S2/c17-12(9-1-2-9)15-10-3-5-11(6-4-10)21(18,19)16-13-14-7-8-20-13/h3-9H,1-2H2,(H,14,16)(H,15,17). The van der Waals surface area contributed by atoms with Crippen LogP contribution >= 0.6 is 11.3 Å². The molecule has 1 aliphatic rings. The van der Waals surface area contributed by atoms with Crippen LogP contribution in [0.25, 0.3) is 0 Å². The van der Waals surface area contributed by atoms with Gasteiger partial charge in [-0.2, -0.15) is 0 Å². The number of carbonyl (C=O) groups excluding carboxylic acids is 1. The van der Waals surface area contributed by atoms with Crippen molar-refractivity contribution < 1.29 is 13.2 Å². The molecular formula is C13H13N3O3S2. The molecule has 2 aromatic rings. The van der Waals surface area contributed by atoms with E-state index in [0.29, 0.717) is 10.8 Å². The molecule has 1 fully saturated rings. The van der Waals surface area contributed by atoms with Gasteiger partial charge in [0.05, 0.1) is 4.90 Å². The first-order valence-corrected chi connectivity index (χ1v) is 8.74. The highest BCUT2D eigenvalue weighted by molar-refractivity contribution is 7.93. The fourth-order valence-corrected chi connectivity index (χ4v) is 3.54. The van der Waals surface area contributed by atoms with Gasteiger partial charge in [-0.1, -0.05) is 0 Å². The second-order valence-corrected chi connectivity index (χ2v) is 7.31. The van der Waals surface area contributed by atoms with E-state index < -0.39 is 10.0 Å². The van der Waals surface area contributed by atoms with Crippen LogP contribution in [0.3, 0.4) is 0 Å². The van der Waals surface area contributed by atoms with Gasteiger partial charge in [0.15, 0.2) is 5.13 Å². The number of nitrogens with zero attached hydrogens (tertiary/aromatic N) is 1. The highest BCUT2D eigenvalue weighted by Crippen LogP contribution is 2.30. The maximum Gasteiger partial charge on any atom is 0.263 e. The maximum absolute atomic E-state index is 12.1. The molecule has 21 heavy (non-hydrogen) atoms. The van der Waals surface area contributed by atoms with Gasteiger partial charge in [-0.15, -0.1) is 11.3 Å². The zero-order chi connectivity index (χ0) is 14.9. The van der Waals surface area contributed by atoms with Crippen molar-refractivity contribution in [3.63, 3.8) is 0 Å². The van der Waals surface area contributed by atoms with Gasteiger partial charge in [0.1, 0.15) is 0 Å². The fraction of sp³-hybridized carbons (Fsp3) is 0.231. The van der Waals surface area contributed by atoms with Crippen molar-refractivity contribution >= 4 is 38.1 Å². The van der Waals surface area contributed by atoms with Gasteiger partial charge in [0.25, 0.3) is 10.0 Å². The first kappa shape index (κ1) is 14.0. The Labute approximate surface area is 126 Å². The van der Waals surface area contributed by atoms with Crippen LogP contribution in [0.2, 0.25) is 0 Å². The van der Waals surface area contributed by atoms with Crippen molar-refractivity contribution in [2.24, 2.45) is 5.92 Å². The van der Waals surface area contributed by atoms with Crippen LogP contribution < -0.4 is 10.0 Å². The normalized spacial score (nSPS) is 14.7. The number of amides is 1. The molecule has 0 bridgehead atoms. The molecule has 2 N–H and O–H groups in total. The minimum absolute atomic E-state index is 0.00785. The smallest absolute Gasteiger partial charge is 0.263 e. The molecule has 0 aliphatic heterocycles. The molecule has 1 aliphatic carbocycles. The Morgan fingerprint density at radius 1 is 1.24 bits per heavy atom. The van der Waals surface area contributed by atoms with E-state index in [1.165, 1.54) is 29.7 Å². The Balaban J connectivity index is 1.72. The molecule has 1 aromatic heterocycles. The summed E-state index contributed by atoms with van der Waals surface area (Å²) < 4.78 is 26.6. The van der Waals surface area contributed by atoms with Crippen LogP contribution in [-0.2, 0) is 14.8 Å². The Morgan fingerprint density at radius 3 is 2.52 bits per heavy atom. The lowest BCUT2D eigenvalue weighted by Crippen LogP contribution is -2.14. The highest BCUT2D eigenvalue weighted by atomic mass is 32.2. The second-order valence-electron chi connectivity index (χ2n) is 4.73. The van der Waals surface area contributed by atoms with Gasteiger partial charge < -0.3 is 5.32 Å². The van der Waals surface area contributed by atoms with Crippen molar-refractivity contribution in [3.8, 4) is 0 Å². The molecule has 0 radical (unpaired) electrons. The van der Waals surface area contributed by atoms with Gasteiger partial charge in [0.2, 0.25) is 5.91 Å². The van der Waals surface area contributed by atoms with Crippen LogP contribution in [-0.4, -0.2) is 19.3 Å². The summed E-state index contributed by atoms with van der Waals surface area (Å²) in [6, 6.07) is 6.07. The average Bonchev–Trinajstić information content (AvgIpc) is 3.19. The molecule has 1 amide bonds. The highest BCUT2D eigenvalue weighted by Gasteiger charge is 2.29. The largest absolute Gasteiger partial charge is 0.326 e. The fourth-order valence-electron chi connectivity index (χ4n) is 1.75. The van der Waals surface area contributed by atoms with Crippen molar-refractivity contribution in [1.29, 1.82) is 0 Å².